The van der Waals surface area contributed by atoms with Crippen molar-refractivity contribution in [2.45, 2.75) is 57.0 Å². The quantitative estimate of drug-likeness (QED) is 0.174. The monoisotopic (exact) mass is 391 g/mol. The van der Waals surface area contributed by atoms with Crippen LogP contribution in [0.15, 0.2) is 0 Å². The number of amides is 2. The summed E-state index contributed by atoms with van der Waals surface area (Å²) in [4.78, 5) is 23.1. The van der Waals surface area contributed by atoms with Crippen LogP contribution in [0.2, 0.25) is 0 Å². The third kappa shape index (κ3) is 7.30. The molecule has 1 rings (SSSR count). The first kappa shape index (κ1) is 23.7. The SMILES string of the molecule is CC(C)C[C@H](NCCO[C@H]1O[C@H](CN)[C@@H](O)[C@H](O)[C@H]1NC(=O)CN)C(N)=O. The predicted molar refractivity (Wildman–Crippen MR) is 97.1 cm³/mol. The summed E-state index contributed by atoms with van der Waals surface area (Å²) >= 11 is 0. The summed E-state index contributed by atoms with van der Waals surface area (Å²) in [6.45, 7) is 4.05. The first-order chi connectivity index (χ1) is 12.7. The van der Waals surface area contributed by atoms with Crippen molar-refractivity contribution in [3.05, 3.63) is 0 Å². The molecule has 0 aliphatic carbocycles. The van der Waals surface area contributed by atoms with Crippen molar-refractivity contribution in [3.8, 4) is 0 Å². The number of primary amides is 1. The van der Waals surface area contributed by atoms with Gasteiger partial charge >= 0.3 is 0 Å². The number of ether oxygens (including phenoxy) is 2. The lowest BCUT2D eigenvalue weighted by Crippen LogP contribution is -2.65. The normalized spacial score (nSPS) is 29.5. The van der Waals surface area contributed by atoms with Gasteiger partial charge in [-0.1, -0.05) is 13.8 Å². The van der Waals surface area contributed by atoms with Crippen molar-refractivity contribution in [2.24, 2.45) is 23.1 Å². The summed E-state index contributed by atoms with van der Waals surface area (Å²) < 4.78 is 11.2. The van der Waals surface area contributed by atoms with Gasteiger partial charge in [-0.25, -0.2) is 0 Å². The standard InChI is InChI=1S/C16H33N5O6/c1-8(2)5-9(15(19)25)20-3-4-26-16-12(21-11(22)7-18)14(24)13(23)10(6-17)27-16/h8-10,12-14,16,20,23-24H,3-7,17-18H2,1-2H3,(H2,19,25)(H,21,22)/t9-,10+,12+,13+,14+,16-/m0/s1. The van der Waals surface area contributed by atoms with Crippen LogP contribution in [-0.2, 0) is 19.1 Å². The molecule has 158 valence electrons. The van der Waals surface area contributed by atoms with Crippen LogP contribution in [0, 0.1) is 5.92 Å². The van der Waals surface area contributed by atoms with Crippen molar-refractivity contribution in [2.75, 3.05) is 26.2 Å². The molecule has 0 aromatic rings. The van der Waals surface area contributed by atoms with E-state index in [2.05, 4.69) is 10.6 Å². The number of aliphatic hydroxyl groups excluding tert-OH is 2. The van der Waals surface area contributed by atoms with E-state index < -0.39 is 48.5 Å². The van der Waals surface area contributed by atoms with Crippen molar-refractivity contribution in [1.82, 2.24) is 10.6 Å². The molecule has 1 fully saturated rings. The van der Waals surface area contributed by atoms with Crippen LogP contribution in [0.5, 0.6) is 0 Å². The number of carbonyl (C=O) groups is 2. The van der Waals surface area contributed by atoms with Gasteiger partial charge in [-0.2, -0.15) is 0 Å². The van der Waals surface area contributed by atoms with Crippen LogP contribution >= 0.6 is 0 Å². The van der Waals surface area contributed by atoms with E-state index in [0.29, 0.717) is 13.0 Å². The molecule has 2 amide bonds. The van der Waals surface area contributed by atoms with E-state index in [9.17, 15) is 19.8 Å². The lowest BCUT2D eigenvalue weighted by molar-refractivity contribution is -0.261. The van der Waals surface area contributed by atoms with E-state index in [-0.39, 0.29) is 25.6 Å². The van der Waals surface area contributed by atoms with Crippen LogP contribution in [0.4, 0.5) is 0 Å². The van der Waals surface area contributed by atoms with Crippen molar-refractivity contribution in [3.63, 3.8) is 0 Å². The molecule has 1 aliphatic heterocycles. The van der Waals surface area contributed by atoms with E-state index in [4.69, 9.17) is 26.7 Å². The summed E-state index contributed by atoms with van der Waals surface area (Å²) in [5.74, 6) is -0.693. The average Bonchev–Trinajstić information content (AvgIpc) is 2.62. The first-order valence-corrected chi connectivity index (χ1v) is 9.06. The fourth-order valence-electron chi connectivity index (χ4n) is 2.85. The van der Waals surface area contributed by atoms with Gasteiger partial charge < -0.3 is 47.5 Å². The second kappa shape index (κ2) is 11.5. The van der Waals surface area contributed by atoms with Crippen LogP contribution < -0.4 is 27.8 Å². The predicted octanol–water partition coefficient (Wildman–Crippen LogP) is -3.66. The van der Waals surface area contributed by atoms with E-state index in [1.165, 1.54) is 0 Å². The van der Waals surface area contributed by atoms with Crippen molar-refractivity contribution >= 4 is 11.8 Å². The molecule has 0 aromatic heterocycles. The Hall–Kier alpha value is -1.34. The minimum atomic E-state index is -1.33. The third-order valence-corrected chi connectivity index (χ3v) is 4.27. The zero-order valence-corrected chi connectivity index (χ0v) is 15.8. The maximum absolute atomic E-state index is 11.6. The van der Waals surface area contributed by atoms with Crippen LogP contribution in [0.3, 0.4) is 0 Å². The van der Waals surface area contributed by atoms with E-state index in [1.807, 2.05) is 13.8 Å². The summed E-state index contributed by atoms with van der Waals surface area (Å²) in [6, 6.07) is -1.50. The molecule has 1 heterocycles. The number of nitrogens with two attached hydrogens (primary N) is 3. The topological polar surface area (TPSA) is 195 Å². The molecule has 1 aliphatic rings. The van der Waals surface area contributed by atoms with Crippen LogP contribution in [0.1, 0.15) is 20.3 Å². The second-order valence-corrected chi connectivity index (χ2v) is 6.97. The highest BCUT2D eigenvalue weighted by Gasteiger charge is 2.45. The molecule has 10 N–H and O–H groups in total. The van der Waals surface area contributed by atoms with Gasteiger partial charge in [-0.3, -0.25) is 9.59 Å². The van der Waals surface area contributed by atoms with Crippen molar-refractivity contribution in [1.29, 1.82) is 0 Å². The zero-order chi connectivity index (χ0) is 20.6. The molecular formula is C16H33N5O6. The van der Waals surface area contributed by atoms with E-state index >= 15 is 0 Å². The fraction of sp³-hybridized carbons (Fsp3) is 0.875. The first-order valence-electron chi connectivity index (χ1n) is 9.06. The van der Waals surface area contributed by atoms with Gasteiger partial charge in [0.25, 0.3) is 0 Å². The molecule has 6 atom stereocenters. The average molecular weight is 391 g/mol. The molecule has 0 aromatic carbocycles. The number of rotatable bonds is 11. The third-order valence-electron chi connectivity index (χ3n) is 4.27. The molecule has 0 bridgehead atoms. The Kier molecular flexibility index (Phi) is 10.1. The van der Waals surface area contributed by atoms with Gasteiger partial charge in [0.15, 0.2) is 6.29 Å². The van der Waals surface area contributed by atoms with E-state index in [1.54, 1.807) is 0 Å². The van der Waals surface area contributed by atoms with Gasteiger partial charge in [-0.15, -0.1) is 0 Å². The molecule has 0 unspecified atom stereocenters. The van der Waals surface area contributed by atoms with Gasteiger partial charge in [0, 0.05) is 13.1 Å². The van der Waals surface area contributed by atoms with Crippen molar-refractivity contribution < 1.29 is 29.3 Å². The Morgan fingerprint density at radius 1 is 1.22 bits per heavy atom. The summed E-state index contributed by atoms with van der Waals surface area (Å²) in [6.07, 6.45) is -3.90. The number of hydrogen-bond donors (Lipinski definition) is 7. The van der Waals surface area contributed by atoms with E-state index in [0.717, 1.165) is 0 Å². The zero-order valence-electron chi connectivity index (χ0n) is 15.8. The second-order valence-electron chi connectivity index (χ2n) is 6.97. The summed E-state index contributed by atoms with van der Waals surface area (Å²) in [7, 11) is 0. The van der Waals surface area contributed by atoms with Gasteiger partial charge in [0.05, 0.1) is 19.2 Å². The Bertz CT molecular complexity index is 480. The minimum absolute atomic E-state index is 0.0357. The lowest BCUT2D eigenvalue weighted by atomic mass is 9.96. The van der Waals surface area contributed by atoms with Crippen LogP contribution in [0.25, 0.3) is 0 Å². The smallest absolute Gasteiger partial charge is 0.234 e. The molecule has 11 nitrogen and oxygen atoms in total. The molecular weight excluding hydrogens is 358 g/mol. The number of carbonyl (C=O) groups excluding carboxylic acids is 2. The van der Waals surface area contributed by atoms with Gasteiger partial charge in [-0.05, 0) is 12.3 Å². The fourth-order valence-corrected chi connectivity index (χ4v) is 2.85. The minimum Gasteiger partial charge on any atom is -0.388 e. The lowest BCUT2D eigenvalue weighted by Gasteiger charge is -2.42. The molecule has 27 heavy (non-hydrogen) atoms. The molecule has 0 spiro atoms. The summed E-state index contributed by atoms with van der Waals surface area (Å²) in [5, 5.41) is 25.8. The number of hydrogen-bond acceptors (Lipinski definition) is 9. The molecule has 0 radical (unpaired) electrons. The molecule has 0 saturated carbocycles. The Balaban J connectivity index is 2.64. The largest absolute Gasteiger partial charge is 0.388 e. The highest BCUT2D eigenvalue weighted by atomic mass is 16.7. The maximum atomic E-state index is 11.6. The maximum Gasteiger partial charge on any atom is 0.234 e. The summed E-state index contributed by atoms with van der Waals surface area (Å²) in [5.41, 5.74) is 16.2. The van der Waals surface area contributed by atoms with Gasteiger partial charge in [0.1, 0.15) is 24.4 Å². The Morgan fingerprint density at radius 2 is 1.89 bits per heavy atom. The Labute approximate surface area is 158 Å². The highest BCUT2D eigenvalue weighted by Crippen LogP contribution is 2.21. The van der Waals surface area contributed by atoms with Gasteiger partial charge in [0.2, 0.25) is 11.8 Å². The molecule has 1 saturated heterocycles. The highest BCUT2D eigenvalue weighted by molar-refractivity contribution is 5.79. The molecule has 11 heteroatoms. The Morgan fingerprint density at radius 3 is 2.41 bits per heavy atom. The number of aliphatic hydroxyl groups is 2. The van der Waals surface area contributed by atoms with Crippen LogP contribution in [-0.4, -0.2) is 85.0 Å². The number of nitrogens with one attached hydrogen (secondary N) is 2.